The lowest BCUT2D eigenvalue weighted by atomic mass is 10.2. The largest absolute Gasteiger partial charge is 0.480 e. The van der Waals surface area contributed by atoms with Crippen LogP contribution >= 0.6 is 11.3 Å². The van der Waals surface area contributed by atoms with E-state index in [1.165, 1.54) is 4.88 Å². The molecular formula is C13H21N3O2S. The van der Waals surface area contributed by atoms with E-state index in [0.717, 1.165) is 43.4 Å². The molecule has 1 aliphatic heterocycles. The van der Waals surface area contributed by atoms with Gasteiger partial charge in [0.15, 0.2) is 0 Å². The third-order valence-corrected chi connectivity index (χ3v) is 4.74. The van der Waals surface area contributed by atoms with Gasteiger partial charge in [0, 0.05) is 37.6 Å². The second kappa shape index (κ2) is 5.98. The van der Waals surface area contributed by atoms with Gasteiger partial charge in [-0.3, -0.25) is 14.6 Å². The summed E-state index contributed by atoms with van der Waals surface area (Å²) in [6.07, 6.45) is 0. The number of aromatic nitrogens is 1. The molecule has 106 valence electrons. The fraction of sp³-hybridized carbons (Fsp3) is 0.692. The minimum Gasteiger partial charge on any atom is -0.480 e. The van der Waals surface area contributed by atoms with Crippen molar-refractivity contribution >= 4 is 17.3 Å². The molecular weight excluding hydrogens is 262 g/mol. The van der Waals surface area contributed by atoms with Crippen molar-refractivity contribution in [3.05, 3.63) is 15.6 Å². The summed E-state index contributed by atoms with van der Waals surface area (Å²) in [5.74, 6) is -0.734. The van der Waals surface area contributed by atoms with E-state index < -0.39 is 5.97 Å². The Morgan fingerprint density at radius 2 is 2.00 bits per heavy atom. The fourth-order valence-corrected chi connectivity index (χ4v) is 3.37. The number of thiazole rings is 1. The van der Waals surface area contributed by atoms with Crippen LogP contribution in [0.1, 0.15) is 22.5 Å². The third-order valence-electron chi connectivity index (χ3n) is 3.68. The summed E-state index contributed by atoms with van der Waals surface area (Å²) in [5.41, 5.74) is 1.13. The van der Waals surface area contributed by atoms with Crippen LogP contribution in [0.25, 0.3) is 0 Å². The number of aryl methyl sites for hydroxylation is 2. The van der Waals surface area contributed by atoms with Crippen molar-refractivity contribution in [3.63, 3.8) is 0 Å². The third kappa shape index (κ3) is 3.52. The van der Waals surface area contributed by atoms with Gasteiger partial charge in [-0.05, 0) is 20.8 Å². The normalized spacial score (nSPS) is 19.5. The number of hydrogen-bond donors (Lipinski definition) is 1. The fourth-order valence-electron chi connectivity index (χ4n) is 2.39. The van der Waals surface area contributed by atoms with Gasteiger partial charge in [-0.25, -0.2) is 4.98 Å². The molecule has 1 fully saturated rings. The molecule has 6 heteroatoms. The number of hydrogen-bond acceptors (Lipinski definition) is 5. The second-order valence-corrected chi connectivity index (χ2v) is 6.36. The van der Waals surface area contributed by atoms with Gasteiger partial charge in [0.2, 0.25) is 0 Å². The molecule has 0 saturated carbocycles. The number of nitrogens with zero attached hydrogens (tertiary/aromatic N) is 3. The number of rotatable bonds is 4. The lowest BCUT2D eigenvalue weighted by Crippen LogP contribution is -2.51. The molecule has 1 N–H and O–H groups in total. The standard InChI is InChI=1S/C13H21N3O2S/c1-9-12(19-11(3)14-9)8-15-4-6-16(7-5-15)10(2)13(17)18/h10H,4-8H2,1-3H3,(H,17,18). The van der Waals surface area contributed by atoms with Gasteiger partial charge in [-0.1, -0.05) is 0 Å². The highest BCUT2D eigenvalue weighted by atomic mass is 32.1. The summed E-state index contributed by atoms with van der Waals surface area (Å²) in [5, 5.41) is 10.1. The zero-order valence-corrected chi connectivity index (χ0v) is 12.5. The molecule has 19 heavy (non-hydrogen) atoms. The predicted octanol–water partition coefficient (Wildman–Crippen LogP) is 1.35. The molecule has 0 bridgehead atoms. The molecule has 5 nitrogen and oxygen atoms in total. The van der Waals surface area contributed by atoms with Crippen LogP contribution in [0, 0.1) is 13.8 Å². The monoisotopic (exact) mass is 283 g/mol. The molecule has 1 aromatic rings. The van der Waals surface area contributed by atoms with Gasteiger partial charge in [-0.15, -0.1) is 11.3 Å². The summed E-state index contributed by atoms with van der Waals surface area (Å²) in [4.78, 5) is 21.1. The zero-order chi connectivity index (χ0) is 14.0. The highest BCUT2D eigenvalue weighted by molar-refractivity contribution is 7.11. The predicted molar refractivity (Wildman–Crippen MR) is 75.5 cm³/mol. The Morgan fingerprint density at radius 3 is 2.47 bits per heavy atom. The maximum atomic E-state index is 11.0. The Morgan fingerprint density at radius 1 is 1.37 bits per heavy atom. The van der Waals surface area contributed by atoms with E-state index in [0.29, 0.717) is 0 Å². The van der Waals surface area contributed by atoms with Crippen molar-refractivity contribution in [3.8, 4) is 0 Å². The van der Waals surface area contributed by atoms with E-state index in [4.69, 9.17) is 5.11 Å². The summed E-state index contributed by atoms with van der Waals surface area (Å²) in [7, 11) is 0. The minimum absolute atomic E-state index is 0.380. The van der Waals surface area contributed by atoms with E-state index in [2.05, 4.69) is 16.8 Å². The number of carbonyl (C=O) groups is 1. The molecule has 1 atom stereocenters. The zero-order valence-electron chi connectivity index (χ0n) is 11.7. The van der Waals surface area contributed by atoms with Crippen LogP contribution in [0.15, 0.2) is 0 Å². The quantitative estimate of drug-likeness (QED) is 0.904. The van der Waals surface area contributed by atoms with Crippen molar-refractivity contribution in [1.82, 2.24) is 14.8 Å². The van der Waals surface area contributed by atoms with Crippen LogP contribution in [-0.2, 0) is 11.3 Å². The van der Waals surface area contributed by atoms with Crippen LogP contribution in [0.5, 0.6) is 0 Å². The second-order valence-electron chi connectivity index (χ2n) is 5.07. The lowest BCUT2D eigenvalue weighted by molar-refractivity contribution is -0.143. The van der Waals surface area contributed by atoms with Crippen molar-refractivity contribution in [2.24, 2.45) is 0 Å². The molecule has 2 heterocycles. The van der Waals surface area contributed by atoms with E-state index in [1.807, 2.05) is 11.8 Å². The first-order valence-electron chi connectivity index (χ1n) is 6.59. The molecule has 1 aliphatic rings. The first kappa shape index (κ1) is 14.4. The Bertz CT molecular complexity index is 453. The first-order chi connectivity index (χ1) is 8.97. The Hall–Kier alpha value is -0.980. The average molecular weight is 283 g/mol. The maximum Gasteiger partial charge on any atom is 0.320 e. The van der Waals surface area contributed by atoms with Crippen LogP contribution in [-0.4, -0.2) is 58.1 Å². The van der Waals surface area contributed by atoms with E-state index >= 15 is 0 Å². The molecule has 0 radical (unpaired) electrons. The number of carboxylic acids is 1. The maximum absolute atomic E-state index is 11.0. The van der Waals surface area contributed by atoms with E-state index in [9.17, 15) is 4.79 Å². The summed E-state index contributed by atoms with van der Waals surface area (Å²) in [6.45, 7) is 10.3. The molecule has 1 saturated heterocycles. The number of carboxylic acid groups (broad SMARTS) is 1. The molecule has 0 spiro atoms. The Kier molecular flexibility index (Phi) is 4.54. The SMILES string of the molecule is Cc1nc(C)c(CN2CCN(C(C)C(=O)O)CC2)s1. The summed E-state index contributed by atoms with van der Waals surface area (Å²) in [6, 6.07) is -0.380. The molecule has 2 rings (SSSR count). The minimum atomic E-state index is -0.734. The molecule has 0 aliphatic carbocycles. The Balaban J connectivity index is 1.87. The average Bonchev–Trinajstić information content (AvgIpc) is 2.68. The first-order valence-corrected chi connectivity index (χ1v) is 7.41. The van der Waals surface area contributed by atoms with Crippen LogP contribution in [0.2, 0.25) is 0 Å². The van der Waals surface area contributed by atoms with E-state index in [1.54, 1.807) is 18.3 Å². The summed E-state index contributed by atoms with van der Waals surface area (Å²) >= 11 is 1.76. The van der Waals surface area contributed by atoms with Crippen molar-refractivity contribution < 1.29 is 9.90 Å². The molecule has 0 aromatic carbocycles. The molecule has 0 amide bonds. The van der Waals surface area contributed by atoms with Gasteiger partial charge in [-0.2, -0.15) is 0 Å². The topological polar surface area (TPSA) is 56.7 Å². The van der Waals surface area contributed by atoms with Crippen molar-refractivity contribution in [2.75, 3.05) is 26.2 Å². The Labute approximate surface area is 117 Å². The molecule has 1 aromatic heterocycles. The summed E-state index contributed by atoms with van der Waals surface area (Å²) < 4.78 is 0. The van der Waals surface area contributed by atoms with Gasteiger partial charge in [0.1, 0.15) is 6.04 Å². The lowest BCUT2D eigenvalue weighted by Gasteiger charge is -2.36. The highest BCUT2D eigenvalue weighted by Crippen LogP contribution is 2.20. The van der Waals surface area contributed by atoms with Crippen molar-refractivity contribution in [1.29, 1.82) is 0 Å². The van der Waals surface area contributed by atoms with Gasteiger partial charge in [0.05, 0.1) is 10.7 Å². The van der Waals surface area contributed by atoms with Crippen molar-refractivity contribution in [2.45, 2.75) is 33.4 Å². The molecule has 1 unspecified atom stereocenters. The van der Waals surface area contributed by atoms with Gasteiger partial charge >= 0.3 is 5.97 Å². The number of aliphatic carboxylic acids is 1. The van der Waals surface area contributed by atoms with E-state index in [-0.39, 0.29) is 6.04 Å². The van der Waals surface area contributed by atoms with Crippen LogP contribution in [0.3, 0.4) is 0 Å². The van der Waals surface area contributed by atoms with Crippen LogP contribution < -0.4 is 0 Å². The van der Waals surface area contributed by atoms with Gasteiger partial charge in [0.25, 0.3) is 0 Å². The highest BCUT2D eigenvalue weighted by Gasteiger charge is 2.25. The smallest absolute Gasteiger partial charge is 0.320 e. The van der Waals surface area contributed by atoms with Gasteiger partial charge < -0.3 is 5.11 Å². The van der Waals surface area contributed by atoms with Crippen LogP contribution in [0.4, 0.5) is 0 Å². The number of piperazine rings is 1.